The zero-order valence-electron chi connectivity index (χ0n) is 14.0. The van der Waals surface area contributed by atoms with Gasteiger partial charge in [0.25, 0.3) is 0 Å². The molecule has 0 aromatic carbocycles. The third kappa shape index (κ3) is 6.67. The molecule has 0 saturated carbocycles. The highest BCUT2D eigenvalue weighted by Crippen LogP contribution is 2.11. The molecule has 5 nitrogen and oxygen atoms in total. The van der Waals surface area contributed by atoms with Crippen molar-refractivity contribution in [2.75, 3.05) is 20.1 Å². The lowest BCUT2D eigenvalue weighted by atomic mass is 10.1. The highest BCUT2D eigenvalue weighted by atomic mass is 16.6. The molecule has 1 atom stereocenters. The number of furan rings is 1. The fraction of sp³-hybridized carbons (Fsp3) is 0.688. The molecule has 1 aromatic rings. The fourth-order valence-corrected chi connectivity index (χ4v) is 1.96. The summed E-state index contributed by atoms with van der Waals surface area (Å²) in [4.78, 5) is 13.5. The number of aryl methyl sites for hydroxylation is 1. The van der Waals surface area contributed by atoms with Crippen LogP contribution in [0.1, 0.15) is 39.0 Å². The maximum atomic E-state index is 11.9. The van der Waals surface area contributed by atoms with Crippen molar-refractivity contribution in [3.8, 4) is 0 Å². The van der Waals surface area contributed by atoms with Gasteiger partial charge in [0.2, 0.25) is 0 Å². The Morgan fingerprint density at radius 2 is 2.14 bits per heavy atom. The molecule has 1 unspecified atom stereocenters. The van der Waals surface area contributed by atoms with E-state index in [0.29, 0.717) is 19.0 Å². The molecule has 0 aliphatic heterocycles. The van der Waals surface area contributed by atoms with Gasteiger partial charge < -0.3 is 19.4 Å². The van der Waals surface area contributed by atoms with Gasteiger partial charge in [0.15, 0.2) is 0 Å². The molecule has 1 N–H and O–H groups in total. The number of nitrogens with one attached hydrogen (secondary N) is 1. The van der Waals surface area contributed by atoms with E-state index in [2.05, 4.69) is 12.2 Å². The average Bonchev–Trinajstić information content (AvgIpc) is 2.73. The van der Waals surface area contributed by atoms with Gasteiger partial charge in [-0.1, -0.05) is 6.92 Å². The highest BCUT2D eigenvalue weighted by molar-refractivity contribution is 5.67. The van der Waals surface area contributed by atoms with Crippen molar-refractivity contribution in [2.24, 2.45) is 5.92 Å². The van der Waals surface area contributed by atoms with E-state index in [0.717, 1.165) is 17.9 Å². The Kier molecular flexibility index (Phi) is 6.27. The first-order valence-corrected chi connectivity index (χ1v) is 7.37. The van der Waals surface area contributed by atoms with Gasteiger partial charge >= 0.3 is 6.09 Å². The number of amides is 1. The predicted molar refractivity (Wildman–Crippen MR) is 83.2 cm³/mol. The summed E-state index contributed by atoms with van der Waals surface area (Å²) in [5, 5.41) is 3.35. The van der Waals surface area contributed by atoms with Crippen LogP contribution in [-0.4, -0.2) is 36.7 Å². The Morgan fingerprint density at radius 3 is 2.67 bits per heavy atom. The number of rotatable bonds is 6. The lowest BCUT2D eigenvalue weighted by Gasteiger charge is -2.26. The molecule has 0 bridgehead atoms. The van der Waals surface area contributed by atoms with Crippen LogP contribution < -0.4 is 5.32 Å². The molecular formula is C16H28N2O3. The summed E-state index contributed by atoms with van der Waals surface area (Å²) in [6, 6.07) is 1.96. The average molecular weight is 296 g/mol. The Labute approximate surface area is 127 Å². The second-order valence-electron chi connectivity index (χ2n) is 6.62. The van der Waals surface area contributed by atoms with Crippen molar-refractivity contribution in [2.45, 2.75) is 46.8 Å². The Balaban J connectivity index is 2.28. The molecule has 1 amide bonds. The third-order valence-corrected chi connectivity index (χ3v) is 3.04. The van der Waals surface area contributed by atoms with Crippen LogP contribution >= 0.6 is 0 Å². The summed E-state index contributed by atoms with van der Waals surface area (Å²) < 4.78 is 10.7. The van der Waals surface area contributed by atoms with Gasteiger partial charge in [0.1, 0.15) is 11.4 Å². The van der Waals surface area contributed by atoms with E-state index in [-0.39, 0.29) is 6.09 Å². The zero-order chi connectivity index (χ0) is 16.0. The molecule has 21 heavy (non-hydrogen) atoms. The second-order valence-corrected chi connectivity index (χ2v) is 6.62. The van der Waals surface area contributed by atoms with E-state index in [4.69, 9.17) is 9.15 Å². The number of carbonyl (C=O) groups is 1. The fourth-order valence-electron chi connectivity index (χ4n) is 1.96. The number of hydrogen-bond donors (Lipinski definition) is 1. The van der Waals surface area contributed by atoms with Crippen LogP contribution in [0.5, 0.6) is 0 Å². The van der Waals surface area contributed by atoms with Crippen LogP contribution in [0.25, 0.3) is 0 Å². The van der Waals surface area contributed by atoms with E-state index in [1.807, 2.05) is 33.8 Å². The van der Waals surface area contributed by atoms with Gasteiger partial charge in [0, 0.05) is 13.6 Å². The van der Waals surface area contributed by atoms with E-state index in [9.17, 15) is 4.79 Å². The molecule has 1 rings (SSSR count). The minimum absolute atomic E-state index is 0.281. The quantitative estimate of drug-likeness (QED) is 0.876. The summed E-state index contributed by atoms with van der Waals surface area (Å²) in [6.07, 6.45) is 1.42. The number of hydrogen-bond acceptors (Lipinski definition) is 4. The van der Waals surface area contributed by atoms with Crippen molar-refractivity contribution < 1.29 is 13.9 Å². The van der Waals surface area contributed by atoms with Gasteiger partial charge in [-0.3, -0.25) is 0 Å². The third-order valence-electron chi connectivity index (χ3n) is 3.04. The Morgan fingerprint density at radius 1 is 1.48 bits per heavy atom. The summed E-state index contributed by atoms with van der Waals surface area (Å²) in [6.45, 7) is 11.9. The second kappa shape index (κ2) is 7.50. The highest BCUT2D eigenvalue weighted by Gasteiger charge is 2.20. The van der Waals surface area contributed by atoms with Crippen LogP contribution in [-0.2, 0) is 11.3 Å². The molecule has 0 fully saturated rings. The Bertz CT molecular complexity index is 449. The van der Waals surface area contributed by atoms with Gasteiger partial charge in [0.05, 0.1) is 12.8 Å². The maximum absolute atomic E-state index is 11.9. The standard InChI is InChI=1S/C16H28N2O3/c1-12(9-17-10-14-13(2)7-8-20-14)11-18(6)15(19)21-16(3,4)5/h7-8,12,17H,9-11H2,1-6H3. The van der Waals surface area contributed by atoms with E-state index < -0.39 is 5.60 Å². The molecule has 0 aliphatic rings. The van der Waals surface area contributed by atoms with Crippen molar-refractivity contribution in [3.05, 3.63) is 23.7 Å². The molecule has 1 heterocycles. The van der Waals surface area contributed by atoms with Gasteiger partial charge in [-0.05, 0) is 51.8 Å². The van der Waals surface area contributed by atoms with Crippen LogP contribution in [0.2, 0.25) is 0 Å². The zero-order valence-corrected chi connectivity index (χ0v) is 14.0. The topological polar surface area (TPSA) is 54.7 Å². The molecule has 120 valence electrons. The van der Waals surface area contributed by atoms with Crippen LogP contribution in [0.15, 0.2) is 16.7 Å². The molecule has 0 aliphatic carbocycles. The number of carbonyl (C=O) groups excluding carboxylic acids is 1. The smallest absolute Gasteiger partial charge is 0.410 e. The summed E-state index contributed by atoms with van der Waals surface area (Å²) in [7, 11) is 1.77. The van der Waals surface area contributed by atoms with Gasteiger partial charge in [-0.25, -0.2) is 4.79 Å². The SMILES string of the molecule is Cc1ccoc1CNCC(C)CN(C)C(=O)OC(C)(C)C. The van der Waals surface area contributed by atoms with Gasteiger partial charge in [-0.2, -0.15) is 0 Å². The lowest BCUT2D eigenvalue weighted by molar-refractivity contribution is 0.0277. The van der Waals surface area contributed by atoms with Crippen LogP contribution in [0, 0.1) is 12.8 Å². The first-order valence-electron chi connectivity index (χ1n) is 7.37. The summed E-state index contributed by atoms with van der Waals surface area (Å²) >= 11 is 0. The molecular weight excluding hydrogens is 268 g/mol. The number of nitrogens with zero attached hydrogens (tertiary/aromatic N) is 1. The van der Waals surface area contributed by atoms with Crippen LogP contribution in [0.4, 0.5) is 4.79 Å². The summed E-state index contributed by atoms with van der Waals surface area (Å²) in [5.41, 5.74) is 0.699. The Hall–Kier alpha value is -1.49. The first-order chi connectivity index (χ1) is 9.69. The minimum Gasteiger partial charge on any atom is -0.468 e. The van der Waals surface area contributed by atoms with E-state index in [1.165, 1.54) is 0 Å². The molecule has 0 spiro atoms. The normalized spacial score (nSPS) is 13.0. The van der Waals surface area contributed by atoms with Gasteiger partial charge in [-0.15, -0.1) is 0 Å². The first kappa shape index (κ1) is 17.6. The molecule has 0 saturated heterocycles. The van der Waals surface area contributed by atoms with E-state index >= 15 is 0 Å². The minimum atomic E-state index is -0.455. The number of ether oxygens (including phenoxy) is 1. The van der Waals surface area contributed by atoms with Crippen molar-refractivity contribution in [3.63, 3.8) is 0 Å². The summed E-state index contributed by atoms with van der Waals surface area (Å²) in [5.74, 6) is 1.29. The molecule has 5 heteroatoms. The molecule has 1 aromatic heterocycles. The van der Waals surface area contributed by atoms with Crippen LogP contribution in [0.3, 0.4) is 0 Å². The maximum Gasteiger partial charge on any atom is 0.410 e. The van der Waals surface area contributed by atoms with Crippen molar-refractivity contribution in [1.29, 1.82) is 0 Å². The predicted octanol–water partition coefficient (Wildman–Crippen LogP) is 3.18. The van der Waals surface area contributed by atoms with Crippen molar-refractivity contribution >= 4 is 6.09 Å². The lowest BCUT2D eigenvalue weighted by Crippen LogP contribution is -2.38. The van der Waals surface area contributed by atoms with Crippen molar-refractivity contribution in [1.82, 2.24) is 10.2 Å². The largest absolute Gasteiger partial charge is 0.468 e. The molecule has 0 radical (unpaired) electrons. The monoisotopic (exact) mass is 296 g/mol. The van der Waals surface area contributed by atoms with E-state index in [1.54, 1.807) is 18.2 Å².